The van der Waals surface area contributed by atoms with E-state index in [1.807, 2.05) is 6.92 Å². The van der Waals surface area contributed by atoms with Crippen molar-refractivity contribution < 1.29 is 14.3 Å². The second-order valence-electron chi connectivity index (χ2n) is 13.2. The third-order valence-electron chi connectivity index (χ3n) is 10.1. The quantitative estimate of drug-likeness (QED) is 0.245. The molecule has 7 rings (SSSR count). The van der Waals surface area contributed by atoms with Gasteiger partial charge in [0, 0.05) is 42.8 Å². The Labute approximate surface area is 265 Å². The van der Waals surface area contributed by atoms with Gasteiger partial charge in [0.25, 0.3) is 0 Å². The van der Waals surface area contributed by atoms with Gasteiger partial charge < -0.3 is 29.0 Å². The number of anilines is 2. The van der Waals surface area contributed by atoms with Gasteiger partial charge in [0.05, 0.1) is 24.9 Å². The second kappa shape index (κ2) is 12.3. The van der Waals surface area contributed by atoms with Gasteiger partial charge in [-0.1, -0.05) is 36.9 Å². The Kier molecular flexibility index (Phi) is 8.09. The van der Waals surface area contributed by atoms with E-state index in [-0.39, 0.29) is 24.6 Å². The van der Waals surface area contributed by atoms with Crippen LogP contribution >= 0.6 is 0 Å². The fraction of sp³-hybridized carbons (Fsp3) is 0.500. The van der Waals surface area contributed by atoms with Crippen LogP contribution in [0, 0.1) is 25.3 Å². The number of ether oxygens (including phenoxy) is 2. The van der Waals surface area contributed by atoms with Crippen LogP contribution in [0.25, 0.3) is 15.6 Å². The average molecular weight is 607 g/mol. The number of benzene rings is 2. The lowest BCUT2D eigenvalue weighted by molar-refractivity contribution is -0.128. The second-order valence-corrected chi connectivity index (χ2v) is 13.2. The van der Waals surface area contributed by atoms with Gasteiger partial charge in [-0.3, -0.25) is 4.79 Å². The monoisotopic (exact) mass is 606 g/mol. The van der Waals surface area contributed by atoms with Crippen molar-refractivity contribution in [2.75, 3.05) is 49.1 Å². The molecule has 0 spiro atoms. The number of nitrogens with zero attached hydrogens (tertiary/aromatic N) is 6. The summed E-state index contributed by atoms with van der Waals surface area (Å²) in [5.74, 6) is 2.47. The predicted molar refractivity (Wildman–Crippen MR) is 176 cm³/mol. The number of amides is 1. The molecule has 45 heavy (non-hydrogen) atoms. The normalized spacial score (nSPS) is 24.5. The van der Waals surface area contributed by atoms with Crippen LogP contribution in [0.2, 0.25) is 0 Å². The van der Waals surface area contributed by atoms with E-state index < -0.39 is 0 Å². The number of piperazine rings is 1. The van der Waals surface area contributed by atoms with E-state index in [1.165, 1.54) is 47.4 Å². The SMILES string of the molecule is [C-]#[N+]C[C@H]1CN(c2nc(O[C@@H](C)COC3CC4CC4C3)nc3c2CCN(c2cccc4cccc(C)c24)C3)CCN1C(=O)C=C. The molecule has 2 aliphatic carbocycles. The number of aryl methyl sites for hydroxylation is 1. The minimum atomic E-state index is -0.236. The Morgan fingerprint density at radius 3 is 2.69 bits per heavy atom. The highest BCUT2D eigenvalue weighted by atomic mass is 16.5. The van der Waals surface area contributed by atoms with E-state index in [0.717, 1.165) is 41.9 Å². The lowest BCUT2D eigenvalue weighted by atomic mass is 9.99. The van der Waals surface area contributed by atoms with Crippen molar-refractivity contribution in [2.24, 2.45) is 11.8 Å². The molecule has 3 aromatic rings. The van der Waals surface area contributed by atoms with Crippen LogP contribution in [-0.2, 0) is 22.5 Å². The van der Waals surface area contributed by atoms with Crippen LogP contribution in [0.3, 0.4) is 0 Å². The van der Waals surface area contributed by atoms with Gasteiger partial charge in [-0.15, -0.1) is 0 Å². The van der Waals surface area contributed by atoms with E-state index >= 15 is 0 Å². The molecule has 2 aromatic carbocycles. The lowest BCUT2D eigenvalue weighted by Gasteiger charge is -2.41. The molecule has 1 aromatic heterocycles. The van der Waals surface area contributed by atoms with Crippen LogP contribution in [0.15, 0.2) is 49.1 Å². The highest BCUT2D eigenvalue weighted by molar-refractivity contribution is 5.97. The Morgan fingerprint density at radius 2 is 1.91 bits per heavy atom. The predicted octanol–water partition coefficient (Wildman–Crippen LogP) is 5.21. The topological polar surface area (TPSA) is 75.4 Å². The zero-order chi connectivity index (χ0) is 31.1. The molecule has 9 nitrogen and oxygen atoms in total. The highest BCUT2D eigenvalue weighted by Crippen LogP contribution is 2.52. The first-order valence-electron chi connectivity index (χ1n) is 16.3. The minimum Gasteiger partial charge on any atom is -0.458 e. The van der Waals surface area contributed by atoms with Gasteiger partial charge in [0.2, 0.25) is 12.5 Å². The first-order chi connectivity index (χ1) is 21.9. The van der Waals surface area contributed by atoms with E-state index in [2.05, 4.69) is 64.5 Å². The van der Waals surface area contributed by atoms with Gasteiger partial charge in [0.1, 0.15) is 18.0 Å². The van der Waals surface area contributed by atoms with Crippen LogP contribution in [0.4, 0.5) is 11.5 Å². The zero-order valence-electron chi connectivity index (χ0n) is 26.3. The first kappa shape index (κ1) is 29.5. The number of carbonyl (C=O) groups is 1. The molecule has 2 aliphatic heterocycles. The summed E-state index contributed by atoms with van der Waals surface area (Å²) in [6, 6.07) is 13.1. The number of fused-ring (bicyclic) bond motifs is 3. The third kappa shape index (κ3) is 5.96. The number of hydrogen-bond donors (Lipinski definition) is 0. The van der Waals surface area contributed by atoms with Crippen molar-refractivity contribution in [3.63, 3.8) is 0 Å². The molecule has 0 N–H and O–H groups in total. The van der Waals surface area contributed by atoms with Gasteiger partial charge in [-0.05, 0) is 74.5 Å². The standard InChI is InChI=1S/C36H42N6O3/c1-5-33(43)42-15-14-41(20-28(42)19-37-4)35-30-12-13-40(32-11-7-10-25-9-6-8-23(2)34(25)32)21-31(30)38-36(39-35)45-24(3)22-44-29-17-26-16-27(26)18-29/h5-11,24,26-29H,1,12-22H2,2-3H3/t24-,26?,27?,28-,29?/m0/s1. The summed E-state index contributed by atoms with van der Waals surface area (Å²) in [5, 5.41) is 2.51. The molecule has 2 unspecified atom stereocenters. The largest absolute Gasteiger partial charge is 0.458 e. The number of aromatic nitrogens is 2. The molecule has 0 bridgehead atoms. The molecule has 1 saturated heterocycles. The highest BCUT2D eigenvalue weighted by Gasteiger charge is 2.46. The molecule has 4 atom stereocenters. The van der Waals surface area contributed by atoms with Crippen molar-refractivity contribution >= 4 is 28.2 Å². The molecule has 1 amide bonds. The van der Waals surface area contributed by atoms with Crippen molar-refractivity contribution in [1.29, 1.82) is 0 Å². The summed E-state index contributed by atoms with van der Waals surface area (Å²) in [6.07, 6.45) is 6.00. The fourth-order valence-corrected chi connectivity index (χ4v) is 7.68. The average Bonchev–Trinajstić information content (AvgIpc) is 3.67. The zero-order valence-corrected chi connectivity index (χ0v) is 26.3. The Morgan fingerprint density at radius 1 is 1.11 bits per heavy atom. The summed E-state index contributed by atoms with van der Waals surface area (Å²) in [7, 11) is 0. The van der Waals surface area contributed by atoms with Gasteiger partial charge in [0.15, 0.2) is 0 Å². The van der Waals surface area contributed by atoms with E-state index in [1.54, 1.807) is 4.90 Å². The van der Waals surface area contributed by atoms with E-state index in [9.17, 15) is 4.79 Å². The Hall–Kier alpha value is -4.16. The summed E-state index contributed by atoms with van der Waals surface area (Å²) >= 11 is 0. The summed E-state index contributed by atoms with van der Waals surface area (Å²) in [6.45, 7) is 19.3. The van der Waals surface area contributed by atoms with Gasteiger partial charge in [-0.2, -0.15) is 9.97 Å². The number of hydrogen-bond acceptors (Lipinski definition) is 7. The summed E-state index contributed by atoms with van der Waals surface area (Å²) < 4.78 is 12.6. The van der Waals surface area contributed by atoms with Crippen molar-refractivity contribution in [2.45, 2.75) is 64.3 Å². The van der Waals surface area contributed by atoms with Gasteiger partial charge in [-0.25, -0.2) is 6.57 Å². The summed E-state index contributed by atoms with van der Waals surface area (Å²) in [4.78, 5) is 32.7. The van der Waals surface area contributed by atoms with Crippen LogP contribution in [0.5, 0.6) is 6.01 Å². The molecule has 0 radical (unpaired) electrons. The van der Waals surface area contributed by atoms with Crippen molar-refractivity contribution in [3.8, 4) is 6.01 Å². The van der Waals surface area contributed by atoms with Crippen molar-refractivity contribution in [1.82, 2.24) is 14.9 Å². The first-order valence-corrected chi connectivity index (χ1v) is 16.3. The van der Waals surface area contributed by atoms with Gasteiger partial charge >= 0.3 is 6.01 Å². The van der Waals surface area contributed by atoms with E-state index in [4.69, 9.17) is 26.0 Å². The molecular formula is C36H42N6O3. The van der Waals surface area contributed by atoms with Crippen molar-refractivity contribution in [3.05, 3.63) is 77.3 Å². The maximum atomic E-state index is 12.6. The number of rotatable bonds is 9. The van der Waals surface area contributed by atoms with Crippen LogP contribution in [-0.4, -0.2) is 78.4 Å². The van der Waals surface area contributed by atoms with Crippen LogP contribution in [0.1, 0.15) is 43.0 Å². The third-order valence-corrected chi connectivity index (χ3v) is 10.1. The smallest absolute Gasteiger partial charge is 0.319 e. The minimum absolute atomic E-state index is 0.133. The maximum absolute atomic E-state index is 12.6. The Bertz CT molecular complexity index is 1640. The maximum Gasteiger partial charge on any atom is 0.319 e. The number of carbonyl (C=O) groups excluding carboxylic acids is 1. The molecule has 4 aliphatic rings. The molecule has 9 heteroatoms. The molecule has 3 fully saturated rings. The Balaban J connectivity index is 1.18. The van der Waals surface area contributed by atoms with E-state index in [0.29, 0.717) is 44.9 Å². The molecule has 234 valence electrons. The summed E-state index contributed by atoms with van der Waals surface area (Å²) in [5.41, 5.74) is 4.55. The molecule has 3 heterocycles. The molecule has 2 saturated carbocycles. The van der Waals surface area contributed by atoms with Crippen LogP contribution < -0.4 is 14.5 Å². The molecular weight excluding hydrogens is 564 g/mol. The lowest BCUT2D eigenvalue weighted by Crippen LogP contribution is -2.56. The fourth-order valence-electron chi connectivity index (χ4n) is 7.68.